The number of aromatic nitrogens is 2. The minimum absolute atomic E-state index is 0.724. The van der Waals surface area contributed by atoms with Crippen LogP contribution in [-0.2, 0) is 32.0 Å². The summed E-state index contributed by atoms with van der Waals surface area (Å²) >= 11 is 3.93. The predicted octanol–water partition coefficient (Wildman–Crippen LogP) is -3.86. The summed E-state index contributed by atoms with van der Waals surface area (Å²) < 4.78 is 48.5. The van der Waals surface area contributed by atoms with Crippen molar-refractivity contribution in [3.8, 4) is 0 Å². The summed E-state index contributed by atoms with van der Waals surface area (Å²) in [7, 11) is -11.0. The Labute approximate surface area is 206 Å². The van der Waals surface area contributed by atoms with Gasteiger partial charge in [-0.25, -0.2) is 13.9 Å². The molecule has 2 saturated heterocycles. The number of aliphatic hydroxyl groups is 5. The Kier molecular flexibility index (Phi) is 9.36. The number of hydrogen-bond donors (Lipinski definition) is 9. The third-order valence-corrected chi connectivity index (χ3v) is 8.39. The van der Waals surface area contributed by atoms with E-state index in [0.717, 1.165) is 16.8 Å². The van der Waals surface area contributed by atoms with Crippen LogP contribution in [0.4, 0.5) is 0 Å². The third-order valence-electron chi connectivity index (χ3n) is 5.16. The van der Waals surface area contributed by atoms with Crippen LogP contribution in [0.5, 0.6) is 0 Å². The van der Waals surface area contributed by atoms with Crippen molar-refractivity contribution in [1.82, 2.24) is 9.55 Å². The standard InChI is InChI=1S/C15H24N2O16P2S/c18-3-5-12(36)9(21)11(23)14(31-5)32-35(27,28)33-34(25,26)29-4-6-8(20)10(22)13(30-6)17-2-1-7(19)16-15(17)24/h1-2,5-6,8-14,18,20-23,36H,3-4H2,(H,25,26)(H,27,28)(H,16,19,24)/t5?,6-,8+,9-,10?,11?,12+,13-,14+/m1/s1. The van der Waals surface area contributed by atoms with Gasteiger partial charge in [0.2, 0.25) is 0 Å². The lowest BCUT2D eigenvalue weighted by molar-refractivity contribution is -0.241. The van der Waals surface area contributed by atoms with Crippen molar-refractivity contribution >= 4 is 28.3 Å². The molecule has 2 aliphatic rings. The van der Waals surface area contributed by atoms with E-state index in [1.54, 1.807) is 0 Å². The Balaban J connectivity index is 1.61. The highest BCUT2D eigenvalue weighted by molar-refractivity contribution is 7.81. The summed E-state index contributed by atoms with van der Waals surface area (Å²) in [6.45, 7) is -1.73. The Morgan fingerprint density at radius 3 is 2.28 bits per heavy atom. The molecule has 8 N–H and O–H groups in total. The van der Waals surface area contributed by atoms with Crippen molar-refractivity contribution < 1.29 is 67.3 Å². The van der Waals surface area contributed by atoms with Crippen molar-refractivity contribution in [2.75, 3.05) is 13.2 Å². The molecular weight excluding hydrogens is 558 g/mol. The van der Waals surface area contributed by atoms with Gasteiger partial charge in [-0.05, 0) is 0 Å². The van der Waals surface area contributed by atoms with Crippen LogP contribution in [0.1, 0.15) is 6.23 Å². The van der Waals surface area contributed by atoms with Crippen LogP contribution in [0.25, 0.3) is 0 Å². The van der Waals surface area contributed by atoms with Crippen LogP contribution in [0, 0.1) is 0 Å². The summed E-state index contributed by atoms with van der Waals surface area (Å²) in [4.78, 5) is 44.6. The van der Waals surface area contributed by atoms with Gasteiger partial charge in [-0.2, -0.15) is 16.9 Å². The normalized spacial score (nSPS) is 38.4. The summed E-state index contributed by atoms with van der Waals surface area (Å²) in [5.41, 5.74) is -1.73. The topological polar surface area (TPSA) is 277 Å². The van der Waals surface area contributed by atoms with Gasteiger partial charge in [0.05, 0.1) is 30.7 Å². The predicted molar refractivity (Wildman–Crippen MR) is 116 cm³/mol. The van der Waals surface area contributed by atoms with E-state index in [0.29, 0.717) is 0 Å². The molecule has 0 spiro atoms. The second kappa shape index (κ2) is 11.4. The largest absolute Gasteiger partial charge is 0.483 e. The highest BCUT2D eigenvalue weighted by Gasteiger charge is 2.49. The first kappa shape index (κ1) is 29.6. The number of phosphoric ester groups is 2. The average molecular weight is 582 g/mol. The minimum Gasteiger partial charge on any atom is -0.394 e. The summed E-state index contributed by atoms with van der Waals surface area (Å²) in [5.74, 6) is 0. The van der Waals surface area contributed by atoms with Crippen LogP contribution in [0.3, 0.4) is 0 Å². The molecule has 0 amide bonds. The number of aliphatic hydroxyl groups excluding tert-OH is 5. The zero-order chi connectivity index (χ0) is 27.0. The summed E-state index contributed by atoms with van der Waals surface area (Å²) in [6.07, 6.45) is -12.6. The molecule has 0 radical (unpaired) electrons. The Morgan fingerprint density at radius 2 is 1.67 bits per heavy atom. The third kappa shape index (κ3) is 6.71. The second-order valence-corrected chi connectivity index (χ2v) is 11.3. The van der Waals surface area contributed by atoms with Crippen LogP contribution in [0.15, 0.2) is 21.9 Å². The fraction of sp³-hybridized carbons (Fsp3) is 0.733. The molecule has 5 unspecified atom stereocenters. The Morgan fingerprint density at radius 1 is 1.00 bits per heavy atom. The van der Waals surface area contributed by atoms with Crippen molar-refractivity contribution in [1.29, 1.82) is 0 Å². The van der Waals surface area contributed by atoms with E-state index < -0.39 is 94.5 Å². The lowest BCUT2D eigenvalue weighted by atomic mass is 10.0. The number of nitrogens with one attached hydrogen (secondary N) is 1. The lowest BCUT2D eigenvalue weighted by Gasteiger charge is -2.40. The number of rotatable bonds is 9. The van der Waals surface area contributed by atoms with Crippen molar-refractivity contribution in [2.45, 2.75) is 54.4 Å². The first-order valence-electron chi connectivity index (χ1n) is 9.99. The van der Waals surface area contributed by atoms with Gasteiger partial charge in [-0.1, -0.05) is 0 Å². The van der Waals surface area contributed by atoms with E-state index in [4.69, 9.17) is 9.47 Å². The van der Waals surface area contributed by atoms with Crippen LogP contribution >= 0.6 is 28.3 Å². The number of phosphoric acid groups is 2. The number of hydrogen-bond acceptors (Lipinski definition) is 15. The molecule has 18 nitrogen and oxygen atoms in total. The monoisotopic (exact) mass is 582 g/mol. The second-order valence-electron chi connectivity index (χ2n) is 7.68. The number of ether oxygens (including phenoxy) is 2. The van der Waals surface area contributed by atoms with E-state index in [1.807, 2.05) is 4.98 Å². The van der Waals surface area contributed by atoms with Crippen molar-refractivity contribution in [2.24, 2.45) is 0 Å². The highest BCUT2D eigenvalue weighted by Crippen LogP contribution is 2.61. The van der Waals surface area contributed by atoms with Gasteiger partial charge in [0.1, 0.15) is 24.4 Å². The number of nitrogens with zero attached hydrogens (tertiary/aromatic N) is 1. The Hall–Kier alpha value is -0.990. The zero-order valence-corrected chi connectivity index (χ0v) is 20.5. The minimum atomic E-state index is -5.54. The molecule has 1 aromatic heterocycles. The molecule has 0 bridgehead atoms. The molecule has 3 rings (SSSR count). The van der Waals surface area contributed by atoms with Gasteiger partial charge in [-0.3, -0.25) is 23.4 Å². The van der Waals surface area contributed by atoms with Crippen LogP contribution < -0.4 is 11.2 Å². The first-order valence-corrected chi connectivity index (χ1v) is 13.5. The van der Waals surface area contributed by atoms with E-state index in [9.17, 15) is 54.0 Å². The molecule has 2 fully saturated rings. The zero-order valence-electron chi connectivity index (χ0n) is 17.9. The highest BCUT2D eigenvalue weighted by atomic mass is 32.1. The number of thiol groups is 1. The fourth-order valence-electron chi connectivity index (χ4n) is 3.35. The number of H-pyrrole nitrogens is 1. The van der Waals surface area contributed by atoms with Gasteiger partial charge in [0, 0.05) is 12.3 Å². The molecule has 206 valence electrons. The molecule has 0 saturated carbocycles. The molecular formula is C15H24N2O16P2S. The van der Waals surface area contributed by atoms with Gasteiger partial charge in [0.15, 0.2) is 12.5 Å². The van der Waals surface area contributed by atoms with E-state index in [2.05, 4.69) is 26.0 Å². The van der Waals surface area contributed by atoms with Crippen molar-refractivity contribution in [3.05, 3.63) is 33.1 Å². The van der Waals surface area contributed by atoms with Gasteiger partial charge in [0.25, 0.3) is 5.56 Å². The molecule has 1 aromatic rings. The van der Waals surface area contributed by atoms with Gasteiger partial charge < -0.3 is 44.8 Å². The maximum absolute atomic E-state index is 12.2. The molecule has 0 aliphatic carbocycles. The van der Waals surface area contributed by atoms with E-state index >= 15 is 0 Å². The fourth-order valence-corrected chi connectivity index (χ4v) is 5.85. The lowest BCUT2D eigenvalue weighted by Crippen LogP contribution is -2.57. The molecule has 2 aliphatic heterocycles. The maximum Gasteiger partial charge on any atom is 0.483 e. The molecule has 3 heterocycles. The van der Waals surface area contributed by atoms with E-state index in [-0.39, 0.29) is 0 Å². The molecule has 21 heteroatoms. The number of aromatic amines is 1. The van der Waals surface area contributed by atoms with Crippen LogP contribution in [-0.4, -0.2) is 106 Å². The van der Waals surface area contributed by atoms with Crippen molar-refractivity contribution in [3.63, 3.8) is 0 Å². The van der Waals surface area contributed by atoms with E-state index in [1.165, 1.54) is 0 Å². The molecule has 11 atom stereocenters. The van der Waals surface area contributed by atoms with Gasteiger partial charge >= 0.3 is 21.3 Å². The SMILES string of the molecule is O=c1ccn([C@@H]2O[C@H](COP(=O)(O)OP(=O)(O)O[C@@H]3OC(CO)[C@H](S)[C@H](O)C3O)[C@H](O)C2O)c(=O)[nH]1. The smallest absolute Gasteiger partial charge is 0.394 e. The summed E-state index contributed by atoms with van der Waals surface area (Å²) in [6, 6.07) is 0.938. The average Bonchev–Trinajstić information content (AvgIpc) is 3.06. The first-order chi connectivity index (χ1) is 16.7. The van der Waals surface area contributed by atoms with Gasteiger partial charge in [-0.15, -0.1) is 0 Å². The maximum atomic E-state index is 12.2. The molecule has 0 aromatic carbocycles. The summed E-state index contributed by atoms with van der Waals surface area (Å²) in [5, 5.41) is 48.2. The quantitative estimate of drug-likeness (QED) is 0.0995. The Bertz CT molecular complexity index is 1130. The molecule has 36 heavy (non-hydrogen) atoms. The van der Waals surface area contributed by atoms with Crippen LogP contribution in [0.2, 0.25) is 0 Å².